The van der Waals surface area contributed by atoms with Gasteiger partial charge in [0.1, 0.15) is 6.61 Å². The summed E-state index contributed by atoms with van der Waals surface area (Å²) in [5, 5.41) is 3.89. The van der Waals surface area contributed by atoms with Gasteiger partial charge >= 0.3 is 0 Å². The van der Waals surface area contributed by atoms with Crippen molar-refractivity contribution in [3.63, 3.8) is 0 Å². The summed E-state index contributed by atoms with van der Waals surface area (Å²) in [5.74, 6) is -0.194. The second kappa shape index (κ2) is 7.45. The van der Waals surface area contributed by atoms with Gasteiger partial charge in [-0.1, -0.05) is 23.4 Å². The Morgan fingerprint density at radius 2 is 1.86 bits per heavy atom. The molecule has 0 aliphatic heterocycles. The van der Waals surface area contributed by atoms with Gasteiger partial charge in [-0.15, -0.1) is 0 Å². The van der Waals surface area contributed by atoms with E-state index in [0.29, 0.717) is 5.56 Å². The second-order valence-corrected chi connectivity index (χ2v) is 4.96. The molecule has 0 aliphatic rings. The fraction of sp³-hybridized carbons (Fsp3) is 0.235. The summed E-state index contributed by atoms with van der Waals surface area (Å²) in [7, 11) is 5.40. The van der Waals surface area contributed by atoms with E-state index in [9.17, 15) is 4.39 Å². The Labute approximate surface area is 129 Å². The molecule has 0 aromatic heterocycles. The standard InChI is InChI=1S/C17H19FN2O2/c1-20(2)15-7-4-13(5-8-15)11-19-22-12-14-6-9-17(21-3)16(18)10-14/h4-11H,12H2,1-3H3. The summed E-state index contributed by atoms with van der Waals surface area (Å²) in [5.41, 5.74) is 2.75. The van der Waals surface area contributed by atoms with Crippen molar-refractivity contribution in [1.29, 1.82) is 0 Å². The molecule has 0 N–H and O–H groups in total. The first-order chi connectivity index (χ1) is 10.6. The van der Waals surface area contributed by atoms with Gasteiger partial charge in [-0.25, -0.2) is 4.39 Å². The number of nitrogens with zero attached hydrogens (tertiary/aromatic N) is 2. The number of methoxy groups -OCH3 is 1. The maximum absolute atomic E-state index is 13.5. The maximum Gasteiger partial charge on any atom is 0.165 e. The van der Waals surface area contributed by atoms with Gasteiger partial charge < -0.3 is 14.5 Å². The molecule has 0 saturated heterocycles. The highest BCUT2D eigenvalue weighted by Gasteiger charge is 2.03. The molecule has 116 valence electrons. The largest absolute Gasteiger partial charge is 0.494 e. The van der Waals surface area contributed by atoms with Gasteiger partial charge in [0.15, 0.2) is 11.6 Å². The zero-order valence-corrected chi connectivity index (χ0v) is 12.9. The van der Waals surface area contributed by atoms with Crippen molar-refractivity contribution >= 4 is 11.9 Å². The Hall–Kier alpha value is -2.56. The topological polar surface area (TPSA) is 34.1 Å². The van der Waals surface area contributed by atoms with Crippen molar-refractivity contribution in [2.24, 2.45) is 5.16 Å². The van der Waals surface area contributed by atoms with E-state index < -0.39 is 5.82 Å². The first-order valence-corrected chi connectivity index (χ1v) is 6.85. The van der Waals surface area contributed by atoms with Gasteiger partial charge in [0, 0.05) is 19.8 Å². The summed E-state index contributed by atoms with van der Waals surface area (Å²) >= 11 is 0. The Bertz CT molecular complexity index is 640. The van der Waals surface area contributed by atoms with E-state index in [2.05, 4.69) is 5.16 Å². The molecule has 0 atom stereocenters. The van der Waals surface area contributed by atoms with Crippen LogP contribution >= 0.6 is 0 Å². The highest BCUT2D eigenvalue weighted by atomic mass is 19.1. The molecule has 0 heterocycles. The minimum absolute atomic E-state index is 0.202. The van der Waals surface area contributed by atoms with Gasteiger partial charge in [-0.05, 0) is 35.4 Å². The predicted molar refractivity (Wildman–Crippen MR) is 86.1 cm³/mol. The van der Waals surface area contributed by atoms with Crippen molar-refractivity contribution in [1.82, 2.24) is 0 Å². The van der Waals surface area contributed by atoms with Gasteiger partial charge in [0.05, 0.1) is 13.3 Å². The third-order valence-corrected chi connectivity index (χ3v) is 3.13. The molecular formula is C17H19FN2O2. The highest BCUT2D eigenvalue weighted by molar-refractivity contribution is 5.79. The van der Waals surface area contributed by atoms with Crippen molar-refractivity contribution in [3.8, 4) is 5.75 Å². The molecular weight excluding hydrogens is 283 g/mol. The molecule has 4 nitrogen and oxygen atoms in total. The lowest BCUT2D eigenvalue weighted by Gasteiger charge is -2.11. The average Bonchev–Trinajstić information content (AvgIpc) is 2.52. The van der Waals surface area contributed by atoms with Crippen LogP contribution in [0.5, 0.6) is 5.75 Å². The van der Waals surface area contributed by atoms with E-state index in [4.69, 9.17) is 9.57 Å². The first-order valence-electron chi connectivity index (χ1n) is 6.85. The van der Waals surface area contributed by atoms with Crippen molar-refractivity contribution < 1.29 is 14.0 Å². The normalized spacial score (nSPS) is 10.7. The molecule has 0 unspecified atom stereocenters. The number of halogens is 1. The minimum Gasteiger partial charge on any atom is -0.494 e. The number of oxime groups is 1. The van der Waals surface area contributed by atoms with E-state index >= 15 is 0 Å². The van der Waals surface area contributed by atoms with Crippen LogP contribution in [0.15, 0.2) is 47.6 Å². The van der Waals surface area contributed by atoms with E-state index in [1.165, 1.54) is 13.2 Å². The van der Waals surface area contributed by atoms with Crippen LogP contribution in [0, 0.1) is 5.82 Å². The smallest absolute Gasteiger partial charge is 0.165 e. The third-order valence-electron chi connectivity index (χ3n) is 3.13. The predicted octanol–water partition coefficient (Wildman–Crippen LogP) is 3.45. The number of rotatable bonds is 6. The van der Waals surface area contributed by atoms with Crippen LogP contribution in [0.4, 0.5) is 10.1 Å². The number of ether oxygens (including phenoxy) is 1. The minimum atomic E-state index is -0.410. The number of benzene rings is 2. The van der Waals surface area contributed by atoms with Gasteiger partial charge in [0.2, 0.25) is 0 Å². The van der Waals surface area contributed by atoms with Crippen LogP contribution in [-0.2, 0) is 11.4 Å². The fourth-order valence-electron chi connectivity index (χ4n) is 1.87. The molecule has 0 amide bonds. The molecule has 0 fully saturated rings. The molecule has 2 aromatic rings. The summed E-state index contributed by atoms with van der Waals surface area (Å²) in [6.45, 7) is 0.202. The second-order valence-electron chi connectivity index (χ2n) is 4.96. The molecule has 0 aliphatic carbocycles. The number of hydrogen-bond acceptors (Lipinski definition) is 4. The lowest BCUT2D eigenvalue weighted by molar-refractivity contribution is 0.132. The number of anilines is 1. The molecule has 0 saturated carbocycles. The molecule has 0 radical (unpaired) electrons. The van der Waals surface area contributed by atoms with Crippen molar-refractivity contribution in [3.05, 3.63) is 59.4 Å². The third kappa shape index (κ3) is 4.22. The zero-order chi connectivity index (χ0) is 15.9. The summed E-state index contributed by atoms with van der Waals surface area (Å²) in [6, 6.07) is 12.6. The fourth-order valence-corrected chi connectivity index (χ4v) is 1.87. The summed E-state index contributed by atoms with van der Waals surface area (Å²) in [4.78, 5) is 7.20. The van der Waals surface area contributed by atoms with Gasteiger partial charge in [-0.2, -0.15) is 0 Å². The van der Waals surface area contributed by atoms with Gasteiger partial charge in [-0.3, -0.25) is 0 Å². The number of hydrogen-bond donors (Lipinski definition) is 0. The van der Waals surface area contributed by atoms with Crippen molar-refractivity contribution in [2.45, 2.75) is 6.61 Å². The van der Waals surface area contributed by atoms with Crippen LogP contribution in [-0.4, -0.2) is 27.4 Å². The van der Waals surface area contributed by atoms with E-state index in [1.807, 2.05) is 43.3 Å². The van der Waals surface area contributed by atoms with Gasteiger partial charge in [0.25, 0.3) is 0 Å². The van der Waals surface area contributed by atoms with Crippen LogP contribution in [0.1, 0.15) is 11.1 Å². The van der Waals surface area contributed by atoms with E-state index in [1.54, 1.807) is 18.3 Å². The Morgan fingerprint density at radius 3 is 2.45 bits per heavy atom. The Kier molecular flexibility index (Phi) is 5.36. The molecule has 2 rings (SSSR count). The molecule has 2 aromatic carbocycles. The molecule has 0 spiro atoms. The SMILES string of the molecule is COc1ccc(CON=Cc2ccc(N(C)C)cc2)cc1F. The van der Waals surface area contributed by atoms with Crippen LogP contribution < -0.4 is 9.64 Å². The van der Waals surface area contributed by atoms with E-state index in [0.717, 1.165) is 11.3 Å². The highest BCUT2D eigenvalue weighted by Crippen LogP contribution is 2.18. The van der Waals surface area contributed by atoms with E-state index in [-0.39, 0.29) is 12.4 Å². The average molecular weight is 302 g/mol. The maximum atomic E-state index is 13.5. The van der Waals surface area contributed by atoms with Crippen LogP contribution in [0.25, 0.3) is 0 Å². The quantitative estimate of drug-likeness (QED) is 0.605. The molecule has 0 bridgehead atoms. The monoisotopic (exact) mass is 302 g/mol. The van der Waals surface area contributed by atoms with Crippen LogP contribution in [0.3, 0.4) is 0 Å². The van der Waals surface area contributed by atoms with Crippen molar-refractivity contribution in [2.75, 3.05) is 26.1 Å². The molecule has 5 heteroatoms. The summed E-state index contributed by atoms with van der Waals surface area (Å²) < 4.78 is 18.4. The molecule has 22 heavy (non-hydrogen) atoms. The Balaban J connectivity index is 1.88. The Morgan fingerprint density at radius 1 is 1.14 bits per heavy atom. The lowest BCUT2D eigenvalue weighted by Crippen LogP contribution is -2.08. The first kappa shape index (κ1) is 15.8. The lowest BCUT2D eigenvalue weighted by atomic mass is 10.2. The summed E-state index contributed by atoms with van der Waals surface area (Å²) in [6.07, 6.45) is 1.62. The zero-order valence-electron chi connectivity index (χ0n) is 12.9. The van der Waals surface area contributed by atoms with Crippen LogP contribution in [0.2, 0.25) is 0 Å².